The number of hydrogen-bond acceptors (Lipinski definition) is 4. The predicted molar refractivity (Wildman–Crippen MR) is 94.2 cm³/mol. The summed E-state index contributed by atoms with van der Waals surface area (Å²) in [6.45, 7) is 5.07. The maximum atomic E-state index is 6.32. The Kier molecular flexibility index (Phi) is 5.73. The van der Waals surface area contributed by atoms with E-state index in [9.17, 15) is 0 Å². The van der Waals surface area contributed by atoms with Crippen molar-refractivity contribution >= 4 is 46.2 Å². The molecule has 21 heavy (non-hydrogen) atoms. The second-order valence-electron chi connectivity index (χ2n) is 4.85. The van der Waals surface area contributed by atoms with Crippen molar-refractivity contribution < 1.29 is 0 Å². The van der Waals surface area contributed by atoms with Crippen LogP contribution in [-0.4, -0.2) is 18.6 Å². The zero-order valence-electron chi connectivity index (χ0n) is 12.4. The van der Waals surface area contributed by atoms with Gasteiger partial charge >= 0.3 is 0 Å². The zero-order chi connectivity index (χ0) is 15.4. The SMILES string of the molecule is CCCNc1nc(N(C)C(C)c2cccs2)c(Cl)cc1Cl. The molecule has 0 aliphatic heterocycles. The van der Waals surface area contributed by atoms with Gasteiger partial charge in [0.25, 0.3) is 0 Å². The molecule has 0 aliphatic rings. The number of anilines is 2. The van der Waals surface area contributed by atoms with E-state index >= 15 is 0 Å². The molecule has 1 N–H and O–H groups in total. The van der Waals surface area contributed by atoms with E-state index in [0.29, 0.717) is 15.9 Å². The highest BCUT2D eigenvalue weighted by Crippen LogP contribution is 2.35. The number of halogens is 2. The van der Waals surface area contributed by atoms with Gasteiger partial charge in [-0.2, -0.15) is 0 Å². The van der Waals surface area contributed by atoms with E-state index < -0.39 is 0 Å². The monoisotopic (exact) mass is 343 g/mol. The normalized spacial score (nSPS) is 12.2. The Morgan fingerprint density at radius 2 is 2.14 bits per heavy atom. The molecule has 3 nitrogen and oxygen atoms in total. The van der Waals surface area contributed by atoms with Crippen LogP contribution in [0.5, 0.6) is 0 Å². The quantitative estimate of drug-likeness (QED) is 0.753. The molecule has 2 aromatic heterocycles. The molecular weight excluding hydrogens is 325 g/mol. The van der Waals surface area contributed by atoms with E-state index in [1.54, 1.807) is 17.4 Å². The van der Waals surface area contributed by atoms with Crippen LogP contribution < -0.4 is 10.2 Å². The minimum Gasteiger partial charge on any atom is -0.369 e. The van der Waals surface area contributed by atoms with Gasteiger partial charge in [-0.25, -0.2) is 4.98 Å². The smallest absolute Gasteiger partial charge is 0.150 e. The summed E-state index contributed by atoms with van der Waals surface area (Å²) >= 11 is 14.2. The maximum Gasteiger partial charge on any atom is 0.150 e. The topological polar surface area (TPSA) is 28.2 Å². The first-order valence-corrected chi connectivity index (χ1v) is 8.54. The lowest BCUT2D eigenvalue weighted by molar-refractivity contribution is 0.742. The summed E-state index contributed by atoms with van der Waals surface area (Å²) in [6, 6.07) is 6.12. The van der Waals surface area contributed by atoms with E-state index in [-0.39, 0.29) is 6.04 Å². The summed E-state index contributed by atoms with van der Waals surface area (Å²) in [6.07, 6.45) is 1.01. The summed E-state index contributed by atoms with van der Waals surface area (Å²) in [5, 5.41) is 6.42. The third-order valence-corrected chi connectivity index (χ3v) is 4.93. The lowest BCUT2D eigenvalue weighted by atomic mass is 10.2. The number of thiophene rings is 1. The van der Waals surface area contributed by atoms with Gasteiger partial charge in [0.15, 0.2) is 0 Å². The van der Waals surface area contributed by atoms with Crippen LogP contribution in [0.2, 0.25) is 10.0 Å². The summed E-state index contributed by atoms with van der Waals surface area (Å²) < 4.78 is 0. The first-order valence-electron chi connectivity index (χ1n) is 6.90. The van der Waals surface area contributed by atoms with E-state index in [1.807, 2.05) is 7.05 Å². The van der Waals surface area contributed by atoms with Crippen LogP contribution in [0.15, 0.2) is 23.6 Å². The van der Waals surface area contributed by atoms with Crippen LogP contribution in [0.1, 0.15) is 31.2 Å². The average Bonchev–Trinajstić information content (AvgIpc) is 2.99. The standard InChI is InChI=1S/C15H19Cl2N3S/c1-4-7-18-14-11(16)9-12(17)15(19-14)20(3)10(2)13-6-5-8-21-13/h5-6,8-10H,4,7H2,1-3H3,(H,18,19). The molecule has 0 fully saturated rings. The largest absolute Gasteiger partial charge is 0.369 e. The second-order valence-corrected chi connectivity index (χ2v) is 6.65. The van der Waals surface area contributed by atoms with Crippen LogP contribution >= 0.6 is 34.5 Å². The van der Waals surface area contributed by atoms with Crippen LogP contribution in [0, 0.1) is 0 Å². The molecule has 2 aromatic rings. The first-order chi connectivity index (χ1) is 10.0. The highest BCUT2D eigenvalue weighted by Gasteiger charge is 2.19. The Balaban J connectivity index is 2.29. The molecule has 114 valence electrons. The fourth-order valence-corrected chi connectivity index (χ4v) is 3.36. The number of aromatic nitrogens is 1. The molecule has 0 bridgehead atoms. The van der Waals surface area contributed by atoms with Gasteiger partial charge in [-0.15, -0.1) is 11.3 Å². The number of nitrogens with one attached hydrogen (secondary N) is 1. The molecule has 2 rings (SSSR count). The molecule has 0 spiro atoms. The van der Waals surface area contributed by atoms with Crippen molar-refractivity contribution in [2.45, 2.75) is 26.3 Å². The van der Waals surface area contributed by atoms with Gasteiger partial charge in [-0.05, 0) is 30.9 Å². The molecule has 0 saturated carbocycles. The zero-order valence-corrected chi connectivity index (χ0v) is 14.7. The predicted octanol–water partition coefficient (Wildman–Crippen LogP) is 5.47. The third kappa shape index (κ3) is 3.82. The molecular formula is C15H19Cl2N3S. The molecule has 0 amide bonds. The fraction of sp³-hybridized carbons (Fsp3) is 0.400. The van der Waals surface area contributed by atoms with E-state index in [1.165, 1.54) is 4.88 Å². The maximum absolute atomic E-state index is 6.32. The lowest BCUT2D eigenvalue weighted by Gasteiger charge is -2.26. The van der Waals surface area contributed by atoms with E-state index in [0.717, 1.165) is 18.8 Å². The van der Waals surface area contributed by atoms with Gasteiger partial charge in [-0.1, -0.05) is 36.2 Å². The molecule has 1 unspecified atom stereocenters. The van der Waals surface area contributed by atoms with Crippen LogP contribution in [0.4, 0.5) is 11.6 Å². The average molecular weight is 344 g/mol. The van der Waals surface area contributed by atoms with Crippen molar-refractivity contribution in [3.63, 3.8) is 0 Å². The van der Waals surface area contributed by atoms with Gasteiger partial charge in [0.1, 0.15) is 11.6 Å². The third-order valence-electron chi connectivity index (χ3n) is 3.32. The molecule has 0 aromatic carbocycles. The van der Waals surface area contributed by atoms with Crippen molar-refractivity contribution in [2.24, 2.45) is 0 Å². The minimum absolute atomic E-state index is 0.204. The van der Waals surface area contributed by atoms with Gasteiger partial charge < -0.3 is 10.2 Å². The van der Waals surface area contributed by atoms with Crippen molar-refractivity contribution in [3.8, 4) is 0 Å². The Morgan fingerprint density at radius 1 is 1.38 bits per heavy atom. The van der Waals surface area contributed by atoms with Crippen molar-refractivity contribution in [3.05, 3.63) is 38.5 Å². The number of rotatable bonds is 6. The van der Waals surface area contributed by atoms with E-state index in [4.69, 9.17) is 23.2 Å². The summed E-state index contributed by atoms with van der Waals surface area (Å²) in [4.78, 5) is 7.94. The Hall–Kier alpha value is -0.970. The van der Waals surface area contributed by atoms with Gasteiger partial charge in [-0.3, -0.25) is 0 Å². The number of nitrogens with zero attached hydrogens (tertiary/aromatic N) is 2. The fourth-order valence-electron chi connectivity index (χ4n) is 1.97. The summed E-state index contributed by atoms with van der Waals surface area (Å²) in [5.41, 5.74) is 0. The van der Waals surface area contributed by atoms with Crippen LogP contribution in [0.25, 0.3) is 0 Å². The van der Waals surface area contributed by atoms with Crippen LogP contribution in [-0.2, 0) is 0 Å². The number of hydrogen-bond donors (Lipinski definition) is 1. The molecule has 1 atom stereocenters. The highest BCUT2D eigenvalue weighted by atomic mass is 35.5. The summed E-state index contributed by atoms with van der Waals surface area (Å²) in [7, 11) is 2.00. The minimum atomic E-state index is 0.204. The molecule has 0 saturated heterocycles. The molecule has 6 heteroatoms. The van der Waals surface area contributed by atoms with Gasteiger partial charge in [0.05, 0.1) is 16.1 Å². The van der Waals surface area contributed by atoms with Crippen LogP contribution in [0.3, 0.4) is 0 Å². The van der Waals surface area contributed by atoms with Gasteiger partial charge in [0.2, 0.25) is 0 Å². The summed E-state index contributed by atoms with van der Waals surface area (Å²) in [5.74, 6) is 1.42. The first kappa shape index (κ1) is 16.4. The second kappa shape index (κ2) is 7.34. The van der Waals surface area contributed by atoms with Crippen molar-refractivity contribution in [1.29, 1.82) is 0 Å². The molecule has 2 heterocycles. The number of pyridine rings is 1. The Morgan fingerprint density at radius 3 is 2.76 bits per heavy atom. The van der Waals surface area contributed by atoms with Crippen molar-refractivity contribution in [2.75, 3.05) is 23.8 Å². The Bertz CT molecular complexity index is 587. The van der Waals surface area contributed by atoms with Crippen molar-refractivity contribution in [1.82, 2.24) is 4.98 Å². The Labute approximate surface area is 139 Å². The van der Waals surface area contributed by atoms with E-state index in [2.05, 4.69) is 46.6 Å². The molecule has 0 radical (unpaired) electrons. The highest BCUT2D eigenvalue weighted by molar-refractivity contribution is 7.10. The lowest BCUT2D eigenvalue weighted by Crippen LogP contribution is -2.22. The van der Waals surface area contributed by atoms with Gasteiger partial charge in [0, 0.05) is 18.5 Å². The molecule has 0 aliphatic carbocycles.